The highest BCUT2D eigenvalue weighted by Crippen LogP contribution is 2.37. The Labute approximate surface area is 274 Å². The first-order chi connectivity index (χ1) is 22.7. The average Bonchev–Trinajstić information content (AvgIpc) is 3.05. The van der Waals surface area contributed by atoms with Crippen LogP contribution in [0, 0.1) is 0 Å². The molecule has 0 aromatic carbocycles. The van der Waals surface area contributed by atoms with E-state index >= 15 is 0 Å². The minimum absolute atomic E-state index is 0.0537. The number of nitrogens with zero attached hydrogens (tertiary/aromatic N) is 7. The van der Waals surface area contributed by atoms with Crippen LogP contribution in [0.3, 0.4) is 0 Å². The van der Waals surface area contributed by atoms with Crippen molar-refractivity contribution in [2.24, 2.45) is 0 Å². The average molecular weight is 687 g/mol. The fourth-order valence-electron chi connectivity index (χ4n) is 5.25. The smallest absolute Gasteiger partial charge is 0.419 e. The molecule has 4 aromatic rings. The Morgan fingerprint density at radius 3 is 2.21 bits per heavy atom. The topological polar surface area (TPSA) is 162 Å². The van der Waals surface area contributed by atoms with Gasteiger partial charge in [0.1, 0.15) is 11.4 Å². The fourth-order valence-corrected chi connectivity index (χ4v) is 5.84. The van der Waals surface area contributed by atoms with E-state index in [2.05, 4.69) is 35.2 Å². The lowest BCUT2D eigenvalue weighted by Crippen LogP contribution is -2.45. The predicted octanol–water partition coefficient (Wildman–Crippen LogP) is 5.60. The summed E-state index contributed by atoms with van der Waals surface area (Å²) in [4.78, 5) is 39.2. The van der Waals surface area contributed by atoms with Gasteiger partial charge in [-0.2, -0.15) is 13.2 Å². The second-order valence-corrected chi connectivity index (χ2v) is 13.5. The van der Waals surface area contributed by atoms with Crippen LogP contribution in [0.25, 0.3) is 22.4 Å². The number of carbonyl (C=O) groups excluding carboxylic acids is 1. The van der Waals surface area contributed by atoms with Crippen molar-refractivity contribution in [3.8, 4) is 28.4 Å². The number of carbonyl (C=O) groups is 1. The maximum absolute atomic E-state index is 13.9. The quantitative estimate of drug-likeness (QED) is 0.232. The molecule has 1 fully saturated rings. The van der Waals surface area contributed by atoms with E-state index in [1.165, 1.54) is 12.0 Å². The molecule has 0 unspecified atom stereocenters. The van der Waals surface area contributed by atoms with Crippen LogP contribution in [0.15, 0.2) is 60.3 Å². The molecule has 0 radical (unpaired) electrons. The van der Waals surface area contributed by atoms with Crippen LogP contribution < -0.4 is 15.0 Å². The number of amides is 1. The third kappa shape index (κ3) is 8.13. The summed E-state index contributed by atoms with van der Waals surface area (Å²) in [5.74, 6) is 0.345. The van der Waals surface area contributed by atoms with E-state index in [1.54, 1.807) is 44.6 Å². The monoisotopic (exact) mass is 686 g/mol. The number of hydrogen-bond acceptors (Lipinski definition) is 12. The Balaban J connectivity index is 1.33. The Morgan fingerprint density at radius 2 is 1.62 bits per heavy atom. The zero-order valence-electron chi connectivity index (χ0n) is 26.5. The normalized spacial score (nSPS) is 16.8. The summed E-state index contributed by atoms with van der Waals surface area (Å²) >= 11 is 0. The number of pyridine rings is 2. The SMILES string of the molecule is COc1ncc(-c2ccc(N(C(=O)OC(C)C)C3CCC(Nc4ncc(C(F)(F)F)c(-c5cncc(S(C)(=O)=O)c5)n4)CC3)nc2)cn1. The first-order valence-corrected chi connectivity index (χ1v) is 16.8. The zero-order chi connectivity index (χ0) is 34.6. The lowest BCUT2D eigenvalue weighted by Gasteiger charge is -2.36. The van der Waals surface area contributed by atoms with Crippen LogP contribution in [-0.4, -0.2) is 76.0 Å². The molecule has 0 atom stereocenters. The lowest BCUT2D eigenvalue weighted by atomic mass is 9.90. The van der Waals surface area contributed by atoms with Gasteiger partial charge >= 0.3 is 18.3 Å². The van der Waals surface area contributed by atoms with E-state index in [4.69, 9.17) is 9.47 Å². The molecule has 0 aliphatic heterocycles. The van der Waals surface area contributed by atoms with Gasteiger partial charge in [-0.1, -0.05) is 0 Å². The molecular formula is C31H33F3N8O5S. The van der Waals surface area contributed by atoms with Crippen LogP contribution in [0.5, 0.6) is 6.01 Å². The number of alkyl halides is 3. The summed E-state index contributed by atoms with van der Waals surface area (Å²) < 4.78 is 76.3. The zero-order valence-corrected chi connectivity index (χ0v) is 27.3. The number of methoxy groups -OCH3 is 1. The summed E-state index contributed by atoms with van der Waals surface area (Å²) in [6.45, 7) is 3.51. The number of ether oxygens (including phenoxy) is 2. The van der Waals surface area contributed by atoms with E-state index in [-0.39, 0.29) is 40.6 Å². The van der Waals surface area contributed by atoms with Gasteiger partial charge in [-0.05, 0) is 57.7 Å². The van der Waals surface area contributed by atoms with Crippen molar-refractivity contribution < 1.29 is 35.9 Å². The van der Waals surface area contributed by atoms with Gasteiger partial charge in [0.2, 0.25) is 5.95 Å². The summed E-state index contributed by atoms with van der Waals surface area (Å²) in [5, 5.41) is 3.11. The van der Waals surface area contributed by atoms with Crippen molar-refractivity contribution in [3.05, 3.63) is 60.9 Å². The number of hydrogen-bond donors (Lipinski definition) is 1. The second kappa shape index (κ2) is 14.0. The molecule has 0 spiro atoms. The number of halogens is 3. The molecule has 1 aliphatic rings. The molecule has 4 heterocycles. The Bertz CT molecular complexity index is 1850. The van der Waals surface area contributed by atoms with Gasteiger partial charge in [0, 0.05) is 72.2 Å². The Morgan fingerprint density at radius 1 is 0.938 bits per heavy atom. The Kier molecular flexibility index (Phi) is 10.1. The van der Waals surface area contributed by atoms with Crippen molar-refractivity contribution in [2.45, 2.75) is 68.8 Å². The van der Waals surface area contributed by atoms with Gasteiger partial charge < -0.3 is 14.8 Å². The van der Waals surface area contributed by atoms with Crippen LogP contribution >= 0.6 is 0 Å². The number of rotatable bonds is 9. The summed E-state index contributed by atoms with van der Waals surface area (Å²) in [5.41, 5.74) is -0.282. The summed E-state index contributed by atoms with van der Waals surface area (Å²) in [7, 11) is -2.26. The minimum atomic E-state index is -4.80. The Hall–Kier alpha value is -4.93. The first-order valence-electron chi connectivity index (χ1n) is 14.9. The minimum Gasteiger partial charge on any atom is -0.467 e. The van der Waals surface area contributed by atoms with Crippen LogP contribution in [-0.2, 0) is 20.8 Å². The molecule has 254 valence electrons. The molecule has 1 saturated carbocycles. The van der Waals surface area contributed by atoms with E-state index in [0.717, 1.165) is 30.3 Å². The van der Waals surface area contributed by atoms with E-state index in [9.17, 15) is 26.4 Å². The van der Waals surface area contributed by atoms with Crippen molar-refractivity contribution in [1.29, 1.82) is 0 Å². The van der Waals surface area contributed by atoms with Gasteiger partial charge in [0.15, 0.2) is 9.84 Å². The molecule has 0 saturated heterocycles. The van der Waals surface area contributed by atoms with Crippen LogP contribution in [0.2, 0.25) is 0 Å². The van der Waals surface area contributed by atoms with Crippen molar-refractivity contribution in [1.82, 2.24) is 29.9 Å². The number of aromatic nitrogens is 6. The van der Waals surface area contributed by atoms with E-state index < -0.39 is 33.4 Å². The van der Waals surface area contributed by atoms with Gasteiger partial charge in [-0.3, -0.25) is 9.88 Å². The van der Waals surface area contributed by atoms with Crippen LogP contribution in [0.4, 0.5) is 29.7 Å². The molecule has 17 heteroatoms. The highest BCUT2D eigenvalue weighted by molar-refractivity contribution is 7.90. The first kappa shape index (κ1) is 34.4. The molecule has 1 amide bonds. The molecule has 0 bridgehead atoms. The van der Waals surface area contributed by atoms with E-state index in [0.29, 0.717) is 43.3 Å². The molecule has 4 aromatic heterocycles. The molecule has 48 heavy (non-hydrogen) atoms. The van der Waals surface area contributed by atoms with Gasteiger partial charge in [-0.15, -0.1) is 0 Å². The van der Waals surface area contributed by atoms with E-state index in [1.807, 2.05) is 0 Å². The molecule has 1 aliphatic carbocycles. The lowest BCUT2D eigenvalue weighted by molar-refractivity contribution is -0.137. The number of sulfone groups is 1. The maximum atomic E-state index is 13.9. The summed E-state index contributed by atoms with van der Waals surface area (Å²) in [6, 6.07) is 4.36. The van der Waals surface area contributed by atoms with Crippen molar-refractivity contribution in [3.63, 3.8) is 0 Å². The summed E-state index contributed by atoms with van der Waals surface area (Å²) in [6.07, 6.45) is 5.01. The van der Waals surface area contributed by atoms with Gasteiger partial charge in [-0.25, -0.2) is 38.1 Å². The third-order valence-electron chi connectivity index (χ3n) is 7.58. The second-order valence-electron chi connectivity index (χ2n) is 11.5. The third-order valence-corrected chi connectivity index (χ3v) is 8.66. The molecular weight excluding hydrogens is 653 g/mol. The number of nitrogens with one attached hydrogen (secondary N) is 1. The standard InChI is InChI=1S/C31H33F3N8O5S/c1-18(2)47-30(43)42(26-10-5-19(13-36-26)21-14-38-29(46-3)39-15-21)23-8-6-22(7-9-23)40-28-37-17-25(31(32,33)34)27(41-28)20-11-24(16-35-12-20)48(4,44)45/h5,10-18,22-23H,6-9H2,1-4H3,(H,37,40,41). The highest BCUT2D eigenvalue weighted by atomic mass is 32.2. The van der Waals surface area contributed by atoms with Crippen molar-refractivity contribution >= 4 is 27.7 Å². The van der Waals surface area contributed by atoms with Crippen molar-refractivity contribution in [2.75, 3.05) is 23.6 Å². The maximum Gasteiger partial charge on any atom is 0.419 e. The largest absolute Gasteiger partial charge is 0.467 e. The molecule has 13 nitrogen and oxygen atoms in total. The highest BCUT2D eigenvalue weighted by Gasteiger charge is 2.37. The van der Waals surface area contributed by atoms with Crippen LogP contribution in [0.1, 0.15) is 45.1 Å². The number of anilines is 2. The van der Waals surface area contributed by atoms with Gasteiger partial charge in [0.25, 0.3) is 0 Å². The molecule has 5 rings (SSSR count). The van der Waals surface area contributed by atoms with Gasteiger partial charge in [0.05, 0.1) is 23.8 Å². The predicted molar refractivity (Wildman–Crippen MR) is 169 cm³/mol. The molecule has 1 N–H and O–H groups in total. The fraction of sp³-hybridized carbons (Fsp3) is 0.387.